The van der Waals surface area contributed by atoms with E-state index in [-0.39, 0.29) is 17.9 Å². The minimum absolute atomic E-state index is 0.00957. The quantitative estimate of drug-likeness (QED) is 0.809. The molecule has 1 aliphatic rings. The molecule has 1 fully saturated rings. The van der Waals surface area contributed by atoms with Crippen LogP contribution in [0.5, 0.6) is 0 Å². The average Bonchev–Trinajstić information content (AvgIpc) is 2.97. The van der Waals surface area contributed by atoms with Crippen LogP contribution in [-0.4, -0.2) is 10.2 Å². The molecule has 0 aromatic heterocycles. The van der Waals surface area contributed by atoms with Gasteiger partial charge in [0.2, 0.25) is 5.91 Å². The number of carbonyl (C=O) groups excluding carboxylic acids is 1. The van der Waals surface area contributed by atoms with Gasteiger partial charge in [-0.1, -0.05) is 35.0 Å². The first-order chi connectivity index (χ1) is 8.44. The molecule has 1 aromatic rings. The van der Waals surface area contributed by atoms with Crippen molar-refractivity contribution in [1.82, 2.24) is 5.32 Å². The minimum Gasteiger partial charge on any atom is -0.349 e. The Morgan fingerprint density at radius 2 is 2.06 bits per heavy atom. The number of rotatable bonds is 4. The molecule has 1 saturated carbocycles. The van der Waals surface area contributed by atoms with E-state index in [4.69, 9.17) is 23.2 Å². The molecule has 1 aliphatic carbocycles. The van der Waals surface area contributed by atoms with Gasteiger partial charge in [0.05, 0.1) is 12.0 Å². The molecule has 2 rings (SSSR count). The highest BCUT2D eigenvalue weighted by molar-refractivity contribution is 9.10. The fourth-order valence-corrected chi connectivity index (χ4v) is 2.66. The molecule has 0 spiro atoms. The summed E-state index contributed by atoms with van der Waals surface area (Å²) in [5.74, 6) is -0.333. The third kappa shape index (κ3) is 3.19. The van der Waals surface area contributed by atoms with Crippen molar-refractivity contribution in [3.8, 4) is 0 Å². The second-order valence-electron chi connectivity index (χ2n) is 4.54. The van der Waals surface area contributed by atoms with E-state index in [1.54, 1.807) is 0 Å². The van der Waals surface area contributed by atoms with E-state index < -0.39 is 4.33 Å². The second-order valence-corrected chi connectivity index (χ2v) is 7.00. The average molecular weight is 351 g/mol. The lowest BCUT2D eigenvalue weighted by Gasteiger charge is -2.17. The van der Waals surface area contributed by atoms with Gasteiger partial charge in [-0.15, -0.1) is 23.2 Å². The van der Waals surface area contributed by atoms with Crippen LogP contribution in [0.15, 0.2) is 28.7 Å². The minimum atomic E-state index is -0.859. The number of hydrogen-bond acceptors (Lipinski definition) is 1. The molecule has 0 aliphatic heterocycles. The van der Waals surface area contributed by atoms with Crippen LogP contribution in [0.1, 0.15) is 31.4 Å². The summed E-state index contributed by atoms with van der Waals surface area (Å²) >= 11 is 15.2. The van der Waals surface area contributed by atoms with Crippen molar-refractivity contribution >= 4 is 45.0 Å². The number of amides is 1. The predicted molar refractivity (Wildman–Crippen MR) is 77.9 cm³/mol. The highest BCUT2D eigenvalue weighted by Gasteiger charge is 2.56. The number of benzene rings is 1. The lowest BCUT2D eigenvalue weighted by Crippen LogP contribution is -2.30. The lowest BCUT2D eigenvalue weighted by atomic mass is 10.0. The van der Waals surface area contributed by atoms with E-state index in [1.807, 2.05) is 31.2 Å². The normalized spacial score (nSPS) is 22.3. The van der Waals surface area contributed by atoms with Gasteiger partial charge in [0.25, 0.3) is 0 Å². The maximum atomic E-state index is 11.9. The van der Waals surface area contributed by atoms with Crippen molar-refractivity contribution in [1.29, 1.82) is 0 Å². The third-order valence-corrected chi connectivity index (χ3v) is 4.50. The Morgan fingerprint density at radius 1 is 1.50 bits per heavy atom. The molecule has 2 unspecified atom stereocenters. The Bertz CT molecular complexity index is 447. The molecule has 0 saturated heterocycles. The summed E-state index contributed by atoms with van der Waals surface area (Å²) in [6, 6.07) is 7.94. The molecule has 5 heteroatoms. The summed E-state index contributed by atoms with van der Waals surface area (Å²) in [4.78, 5) is 11.9. The van der Waals surface area contributed by atoms with Crippen molar-refractivity contribution < 1.29 is 4.79 Å². The molecule has 0 radical (unpaired) electrons. The van der Waals surface area contributed by atoms with Crippen molar-refractivity contribution in [2.45, 2.75) is 30.1 Å². The van der Waals surface area contributed by atoms with Crippen LogP contribution in [0, 0.1) is 5.92 Å². The summed E-state index contributed by atoms with van der Waals surface area (Å²) in [6.45, 7) is 2.04. The van der Waals surface area contributed by atoms with Crippen LogP contribution in [0.2, 0.25) is 0 Å². The Morgan fingerprint density at radius 3 is 2.50 bits per heavy atom. The van der Waals surface area contributed by atoms with Crippen molar-refractivity contribution in [3.05, 3.63) is 34.3 Å². The standard InChI is InChI=1S/C13H14BrCl2NO/c1-2-11(8-3-5-9(14)6-4-8)17-12(18)10-7-13(10,15)16/h3-6,10-11H,2,7H2,1H3,(H,17,18). The van der Waals surface area contributed by atoms with Crippen LogP contribution in [-0.2, 0) is 4.79 Å². The van der Waals surface area contributed by atoms with Crippen LogP contribution >= 0.6 is 39.1 Å². The van der Waals surface area contributed by atoms with Gasteiger partial charge in [-0.3, -0.25) is 4.79 Å². The highest BCUT2D eigenvalue weighted by Crippen LogP contribution is 2.53. The molecule has 0 heterocycles. The van der Waals surface area contributed by atoms with Crippen LogP contribution < -0.4 is 5.32 Å². The molecule has 1 N–H and O–H groups in total. The molecule has 0 bridgehead atoms. The SMILES string of the molecule is CCC(NC(=O)C1CC1(Cl)Cl)c1ccc(Br)cc1. The topological polar surface area (TPSA) is 29.1 Å². The summed E-state index contributed by atoms with van der Waals surface area (Å²) in [6.07, 6.45) is 1.37. The van der Waals surface area contributed by atoms with E-state index >= 15 is 0 Å². The van der Waals surface area contributed by atoms with Crippen molar-refractivity contribution in [2.75, 3.05) is 0 Å². The van der Waals surface area contributed by atoms with Gasteiger partial charge in [0.1, 0.15) is 4.33 Å². The van der Waals surface area contributed by atoms with Crippen LogP contribution in [0.4, 0.5) is 0 Å². The largest absolute Gasteiger partial charge is 0.349 e. The van der Waals surface area contributed by atoms with Gasteiger partial charge >= 0.3 is 0 Å². The van der Waals surface area contributed by atoms with Gasteiger partial charge in [-0.2, -0.15) is 0 Å². The van der Waals surface area contributed by atoms with Gasteiger partial charge < -0.3 is 5.32 Å². The molecular formula is C13H14BrCl2NO. The third-order valence-electron chi connectivity index (χ3n) is 3.14. The zero-order chi connectivity index (χ0) is 13.3. The van der Waals surface area contributed by atoms with Gasteiger partial charge in [-0.05, 0) is 30.5 Å². The zero-order valence-electron chi connectivity index (χ0n) is 9.92. The maximum Gasteiger partial charge on any atom is 0.226 e. The van der Waals surface area contributed by atoms with Crippen molar-refractivity contribution in [3.63, 3.8) is 0 Å². The highest BCUT2D eigenvalue weighted by atomic mass is 79.9. The summed E-state index contributed by atoms with van der Waals surface area (Å²) in [5, 5.41) is 3.00. The van der Waals surface area contributed by atoms with Crippen molar-refractivity contribution in [2.24, 2.45) is 5.92 Å². The fourth-order valence-electron chi connectivity index (χ4n) is 1.89. The summed E-state index contributed by atoms with van der Waals surface area (Å²) in [7, 11) is 0. The Kier molecular flexibility index (Phi) is 4.25. The molecule has 1 amide bonds. The van der Waals surface area contributed by atoms with E-state index in [9.17, 15) is 4.79 Å². The zero-order valence-corrected chi connectivity index (χ0v) is 13.0. The van der Waals surface area contributed by atoms with Crippen LogP contribution in [0.25, 0.3) is 0 Å². The van der Waals surface area contributed by atoms with Gasteiger partial charge in [-0.25, -0.2) is 0 Å². The smallest absolute Gasteiger partial charge is 0.226 e. The molecule has 18 heavy (non-hydrogen) atoms. The number of halogens is 3. The van der Waals surface area contributed by atoms with E-state index in [0.717, 1.165) is 16.5 Å². The van der Waals surface area contributed by atoms with E-state index in [0.29, 0.717) is 6.42 Å². The molecular weight excluding hydrogens is 337 g/mol. The fraction of sp³-hybridized carbons (Fsp3) is 0.462. The first-order valence-electron chi connectivity index (χ1n) is 5.87. The Labute approximate surface area is 125 Å². The number of alkyl halides is 2. The number of carbonyl (C=O) groups is 1. The summed E-state index contributed by atoms with van der Waals surface area (Å²) in [5.41, 5.74) is 1.09. The molecule has 2 nitrogen and oxygen atoms in total. The van der Waals surface area contributed by atoms with Gasteiger partial charge in [0.15, 0.2) is 0 Å². The number of nitrogens with one attached hydrogen (secondary N) is 1. The van der Waals surface area contributed by atoms with E-state index in [2.05, 4.69) is 21.2 Å². The molecule has 1 aromatic carbocycles. The first kappa shape index (κ1) is 14.2. The first-order valence-corrected chi connectivity index (χ1v) is 7.42. The van der Waals surface area contributed by atoms with Crippen LogP contribution in [0.3, 0.4) is 0 Å². The number of hydrogen-bond donors (Lipinski definition) is 1. The second kappa shape index (κ2) is 5.40. The van der Waals surface area contributed by atoms with E-state index in [1.165, 1.54) is 0 Å². The monoisotopic (exact) mass is 349 g/mol. The molecule has 2 atom stereocenters. The maximum absolute atomic E-state index is 11.9. The predicted octanol–water partition coefficient (Wildman–Crippen LogP) is 4.21. The Balaban J connectivity index is 2.02. The summed E-state index contributed by atoms with van der Waals surface area (Å²) < 4.78 is 0.164. The van der Waals surface area contributed by atoms with Gasteiger partial charge in [0, 0.05) is 4.47 Å². The Hall–Kier alpha value is -0.250. The molecule has 98 valence electrons. The lowest BCUT2D eigenvalue weighted by molar-refractivity contribution is -0.123.